The molecule has 2 heteroatoms. The second-order valence-electron chi connectivity index (χ2n) is 2.87. The lowest BCUT2D eigenvalue weighted by Gasteiger charge is -2.21. The number of thioether (sulfide) groups is 1. The van der Waals surface area contributed by atoms with Crippen LogP contribution < -0.4 is 5.32 Å². The molecule has 1 fully saturated rings. The first kappa shape index (κ1) is 8.41. The van der Waals surface area contributed by atoms with E-state index in [-0.39, 0.29) is 0 Å². The van der Waals surface area contributed by atoms with Crippen LogP contribution in [0.25, 0.3) is 0 Å². The molecule has 0 bridgehead atoms. The molecule has 10 heavy (non-hydrogen) atoms. The Morgan fingerprint density at radius 1 is 1.60 bits per heavy atom. The van der Waals surface area contributed by atoms with Gasteiger partial charge in [0.25, 0.3) is 0 Å². The molecule has 1 aliphatic rings. The second-order valence-corrected chi connectivity index (χ2v) is 4.02. The van der Waals surface area contributed by atoms with E-state index in [1.807, 2.05) is 0 Å². The fourth-order valence-corrected chi connectivity index (χ4v) is 2.36. The molecule has 1 N–H and O–H groups in total. The van der Waals surface area contributed by atoms with Crippen molar-refractivity contribution >= 4 is 11.8 Å². The number of hydrogen-bond acceptors (Lipinski definition) is 2. The second kappa shape index (κ2) is 5.03. The predicted molar refractivity (Wildman–Crippen MR) is 48.6 cm³/mol. The van der Waals surface area contributed by atoms with Gasteiger partial charge < -0.3 is 5.32 Å². The van der Waals surface area contributed by atoms with E-state index in [1.54, 1.807) is 0 Å². The lowest BCUT2D eigenvalue weighted by atomic mass is 10.2. The van der Waals surface area contributed by atoms with Gasteiger partial charge in [0.2, 0.25) is 0 Å². The first-order valence-electron chi connectivity index (χ1n) is 4.24. The zero-order valence-electron chi connectivity index (χ0n) is 6.73. The van der Waals surface area contributed by atoms with Gasteiger partial charge in [0.15, 0.2) is 0 Å². The standard InChI is InChI=1S/C8H17NS/c1-2-5-9-8-4-3-6-10-7-8/h8-9H,2-7H2,1H3. The van der Waals surface area contributed by atoms with Crippen molar-refractivity contribution < 1.29 is 0 Å². The van der Waals surface area contributed by atoms with E-state index in [1.165, 1.54) is 37.3 Å². The van der Waals surface area contributed by atoms with E-state index in [4.69, 9.17) is 0 Å². The van der Waals surface area contributed by atoms with Crippen LogP contribution in [0, 0.1) is 0 Å². The monoisotopic (exact) mass is 159 g/mol. The van der Waals surface area contributed by atoms with Crippen molar-refractivity contribution in [3.63, 3.8) is 0 Å². The average molecular weight is 159 g/mol. The van der Waals surface area contributed by atoms with E-state index >= 15 is 0 Å². The summed E-state index contributed by atoms with van der Waals surface area (Å²) in [6, 6.07) is 0.818. The van der Waals surface area contributed by atoms with Crippen LogP contribution in [0.4, 0.5) is 0 Å². The summed E-state index contributed by atoms with van der Waals surface area (Å²) in [5.41, 5.74) is 0. The molecule has 0 saturated carbocycles. The van der Waals surface area contributed by atoms with Gasteiger partial charge in [0.05, 0.1) is 0 Å². The lowest BCUT2D eigenvalue weighted by Crippen LogP contribution is -2.34. The molecule has 0 amide bonds. The molecule has 0 spiro atoms. The molecule has 1 saturated heterocycles. The number of nitrogens with one attached hydrogen (secondary N) is 1. The average Bonchev–Trinajstić information content (AvgIpc) is 2.03. The highest BCUT2D eigenvalue weighted by molar-refractivity contribution is 7.99. The number of hydrogen-bond donors (Lipinski definition) is 1. The van der Waals surface area contributed by atoms with Crippen LogP contribution >= 0.6 is 11.8 Å². The summed E-state index contributed by atoms with van der Waals surface area (Å²) >= 11 is 2.09. The molecule has 1 aliphatic heterocycles. The molecular formula is C8H17NS. The molecule has 1 heterocycles. The summed E-state index contributed by atoms with van der Waals surface area (Å²) in [6.07, 6.45) is 4.07. The van der Waals surface area contributed by atoms with Crippen LogP contribution in [0.3, 0.4) is 0 Å². The molecule has 60 valence electrons. The molecule has 0 radical (unpaired) electrons. The van der Waals surface area contributed by atoms with Crippen LogP contribution in [0.1, 0.15) is 26.2 Å². The quantitative estimate of drug-likeness (QED) is 0.675. The zero-order valence-corrected chi connectivity index (χ0v) is 7.54. The Balaban J connectivity index is 2.02. The van der Waals surface area contributed by atoms with Crippen molar-refractivity contribution in [2.75, 3.05) is 18.1 Å². The lowest BCUT2D eigenvalue weighted by molar-refractivity contribution is 0.507. The molecule has 1 atom stereocenters. The topological polar surface area (TPSA) is 12.0 Å². The van der Waals surface area contributed by atoms with Gasteiger partial charge in [0, 0.05) is 11.8 Å². The normalized spacial score (nSPS) is 26.7. The molecule has 1 unspecified atom stereocenters. The fraction of sp³-hybridized carbons (Fsp3) is 1.00. The third-order valence-electron chi connectivity index (χ3n) is 1.84. The van der Waals surface area contributed by atoms with Crippen LogP contribution in [0.5, 0.6) is 0 Å². The highest BCUT2D eigenvalue weighted by Crippen LogP contribution is 2.16. The van der Waals surface area contributed by atoms with E-state index in [2.05, 4.69) is 24.0 Å². The molecule has 1 nitrogen and oxygen atoms in total. The minimum Gasteiger partial charge on any atom is -0.313 e. The summed E-state index contributed by atoms with van der Waals surface area (Å²) in [7, 11) is 0. The van der Waals surface area contributed by atoms with Gasteiger partial charge in [-0.1, -0.05) is 6.92 Å². The molecule has 0 aliphatic carbocycles. The fourth-order valence-electron chi connectivity index (χ4n) is 1.25. The Kier molecular flexibility index (Phi) is 4.23. The SMILES string of the molecule is CCCNC1CCCSC1. The Hall–Kier alpha value is 0.310. The van der Waals surface area contributed by atoms with Crippen molar-refractivity contribution in [1.29, 1.82) is 0 Å². The van der Waals surface area contributed by atoms with Gasteiger partial charge in [-0.15, -0.1) is 0 Å². The smallest absolute Gasteiger partial charge is 0.0158 e. The minimum atomic E-state index is 0.818. The van der Waals surface area contributed by atoms with E-state index in [0.29, 0.717) is 0 Å². The van der Waals surface area contributed by atoms with Crippen molar-refractivity contribution in [2.24, 2.45) is 0 Å². The number of rotatable bonds is 3. The Morgan fingerprint density at radius 2 is 2.50 bits per heavy atom. The first-order chi connectivity index (χ1) is 4.93. The van der Waals surface area contributed by atoms with Crippen molar-refractivity contribution in [1.82, 2.24) is 5.32 Å². The maximum absolute atomic E-state index is 3.55. The molecule has 0 aromatic carbocycles. The Bertz CT molecular complexity index is 79.3. The minimum absolute atomic E-state index is 0.818. The van der Waals surface area contributed by atoms with Crippen LogP contribution in [-0.2, 0) is 0 Å². The van der Waals surface area contributed by atoms with Crippen molar-refractivity contribution in [2.45, 2.75) is 32.2 Å². The molecule has 1 rings (SSSR count). The highest BCUT2D eigenvalue weighted by atomic mass is 32.2. The van der Waals surface area contributed by atoms with Gasteiger partial charge in [-0.05, 0) is 31.6 Å². The molecule has 0 aromatic rings. The summed E-state index contributed by atoms with van der Waals surface area (Å²) in [4.78, 5) is 0. The first-order valence-corrected chi connectivity index (χ1v) is 5.40. The van der Waals surface area contributed by atoms with Gasteiger partial charge in [0.1, 0.15) is 0 Å². The van der Waals surface area contributed by atoms with E-state index in [9.17, 15) is 0 Å². The van der Waals surface area contributed by atoms with Crippen LogP contribution in [0.2, 0.25) is 0 Å². The Morgan fingerprint density at radius 3 is 3.10 bits per heavy atom. The summed E-state index contributed by atoms with van der Waals surface area (Å²) in [5, 5.41) is 3.55. The molecule has 0 aromatic heterocycles. The van der Waals surface area contributed by atoms with Gasteiger partial charge >= 0.3 is 0 Å². The summed E-state index contributed by atoms with van der Waals surface area (Å²) < 4.78 is 0. The van der Waals surface area contributed by atoms with Gasteiger partial charge in [-0.3, -0.25) is 0 Å². The van der Waals surface area contributed by atoms with Crippen LogP contribution in [0.15, 0.2) is 0 Å². The van der Waals surface area contributed by atoms with Crippen LogP contribution in [-0.4, -0.2) is 24.1 Å². The van der Waals surface area contributed by atoms with E-state index < -0.39 is 0 Å². The maximum atomic E-state index is 3.55. The van der Waals surface area contributed by atoms with Crippen molar-refractivity contribution in [3.05, 3.63) is 0 Å². The maximum Gasteiger partial charge on any atom is 0.0158 e. The highest BCUT2D eigenvalue weighted by Gasteiger charge is 2.11. The van der Waals surface area contributed by atoms with E-state index in [0.717, 1.165) is 6.04 Å². The Labute approximate surface area is 68.0 Å². The van der Waals surface area contributed by atoms with Gasteiger partial charge in [-0.25, -0.2) is 0 Å². The largest absolute Gasteiger partial charge is 0.313 e. The third kappa shape index (κ3) is 2.93. The summed E-state index contributed by atoms with van der Waals surface area (Å²) in [6.45, 7) is 3.42. The third-order valence-corrected chi connectivity index (χ3v) is 3.06. The van der Waals surface area contributed by atoms with Gasteiger partial charge in [-0.2, -0.15) is 11.8 Å². The zero-order chi connectivity index (χ0) is 7.23. The predicted octanol–water partition coefficient (Wildman–Crippen LogP) is 1.88. The van der Waals surface area contributed by atoms with Crippen molar-refractivity contribution in [3.8, 4) is 0 Å². The molecular weight excluding hydrogens is 142 g/mol. The summed E-state index contributed by atoms with van der Waals surface area (Å²) in [5.74, 6) is 2.71.